The van der Waals surface area contributed by atoms with Crippen molar-refractivity contribution >= 4 is 24.0 Å². The lowest BCUT2D eigenvalue weighted by Crippen LogP contribution is -2.51. The molecule has 0 radical (unpaired) electrons. The highest BCUT2D eigenvalue weighted by atomic mass is 16.5. The maximum Gasteiger partial charge on any atom is 0.407 e. The third kappa shape index (κ3) is 8.87. The van der Waals surface area contributed by atoms with Crippen molar-refractivity contribution in [1.29, 1.82) is 0 Å². The minimum Gasteiger partial charge on any atom is -0.453 e. The van der Waals surface area contributed by atoms with Crippen LogP contribution in [-0.4, -0.2) is 93.1 Å². The van der Waals surface area contributed by atoms with Gasteiger partial charge in [-0.15, -0.1) is 12.3 Å². The van der Waals surface area contributed by atoms with Crippen LogP contribution in [0.2, 0.25) is 0 Å². The van der Waals surface area contributed by atoms with Crippen molar-refractivity contribution < 1.29 is 28.7 Å². The molecule has 4 atom stereocenters. The first-order valence-corrected chi connectivity index (χ1v) is 18.7. The summed E-state index contributed by atoms with van der Waals surface area (Å²) >= 11 is 0. The quantitative estimate of drug-likeness (QED) is 0.157. The first-order chi connectivity index (χ1) is 27.1. The first-order valence-electron chi connectivity index (χ1n) is 18.7. The van der Waals surface area contributed by atoms with E-state index in [-0.39, 0.29) is 36.2 Å². The second-order valence-corrected chi connectivity index (χ2v) is 14.1. The van der Waals surface area contributed by atoms with E-state index in [1.54, 1.807) is 22.2 Å². The fraction of sp³-hybridized carbons (Fsp3) is 0.381. The number of ether oxygens (including phenoxy) is 2. The van der Waals surface area contributed by atoms with Gasteiger partial charge in [0.15, 0.2) is 0 Å². The van der Waals surface area contributed by atoms with E-state index >= 15 is 0 Å². The normalized spacial score (nSPS) is 17.4. The van der Waals surface area contributed by atoms with Crippen molar-refractivity contribution in [2.45, 2.75) is 70.1 Å². The molecule has 4 heterocycles. The number of aromatic nitrogens is 4. The van der Waals surface area contributed by atoms with Gasteiger partial charge >= 0.3 is 12.2 Å². The summed E-state index contributed by atoms with van der Waals surface area (Å²) in [4.78, 5) is 70.1. The van der Waals surface area contributed by atoms with Gasteiger partial charge in [0.2, 0.25) is 11.8 Å². The van der Waals surface area contributed by atoms with E-state index < -0.39 is 24.3 Å². The van der Waals surface area contributed by atoms with Crippen LogP contribution < -0.4 is 10.6 Å². The van der Waals surface area contributed by atoms with Crippen molar-refractivity contribution in [2.75, 3.05) is 27.3 Å². The number of carbonyl (C=O) groups is 4. The SMILES string of the molecule is C#CCC(NC(=O)OC)C(=O)N1CCCC1c1ncc(-c2ccc(C#Cc3ccc(-c4cnc(C5CCCN5C(=O)C(NC(=O)OC)C(C)C)[nH]4)cc3)cc2)[nH]1. The minimum atomic E-state index is -0.879. The van der Waals surface area contributed by atoms with Crippen molar-refractivity contribution in [3.8, 4) is 46.7 Å². The van der Waals surface area contributed by atoms with E-state index in [1.807, 2.05) is 62.4 Å². The van der Waals surface area contributed by atoms with E-state index in [9.17, 15) is 19.2 Å². The summed E-state index contributed by atoms with van der Waals surface area (Å²) in [6, 6.07) is 13.7. The van der Waals surface area contributed by atoms with Crippen LogP contribution >= 0.6 is 0 Å². The topological polar surface area (TPSA) is 175 Å². The molecule has 2 saturated heterocycles. The summed E-state index contributed by atoms with van der Waals surface area (Å²) in [6.07, 6.45) is 10.9. The van der Waals surface area contributed by atoms with Gasteiger partial charge in [0.25, 0.3) is 0 Å². The molecular formula is C42H46N8O6. The molecule has 4 unspecified atom stereocenters. The number of alkyl carbamates (subject to hydrolysis) is 2. The predicted molar refractivity (Wildman–Crippen MR) is 208 cm³/mol. The Morgan fingerprint density at radius 3 is 1.68 bits per heavy atom. The number of carbonyl (C=O) groups excluding carboxylic acids is 4. The molecule has 2 aliphatic rings. The van der Waals surface area contributed by atoms with Crippen molar-refractivity contribution in [3.05, 3.63) is 83.7 Å². The van der Waals surface area contributed by atoms with Crippen LogP contribution in [0.3, 0.4) is 0 Å². The Kier molecular flexibility index (Phi) is 12.4. The molecule has 0 saturated carbocycles. The molecule has 14 heteroatoms. The van der Waals surface area contributed by atoms with Gasteiger partial charge in [0, 0.05) is 30.6 Å². The standard InChI is InChI=1S/C42H46N8O6/c1-6-9-31(47-41(53)55-4)39(51)49-22-7-10-34(49)37-43-24-32(45-37)29-18-14-27(15-19-29)12-13-28-16-20-30(21-17-28)33-25-44-38(46-33)35-11-8-23-50(35)40(52)36(26(2)3)48-42(54)56-5/h1,14-21,24-26,31,34-36H,7-11,22-23H2,2-5H3,(H,43,45)(H,44,46)(H,47,53)(H,48,54). The van der Waals surface area contributed by atoms with Gasteiger partial charge in [0.1, 0.15) is 23.7 Å². The van der Waals surface area contributed by atoms with E-state index in [0.29, 0.717) is 24.7 Å². The molecule has 290 valence electrons. The van der Waals surface area contributed by atoms with Crippen LogP contribution in [0.25, 0.3) is 22.5 Å². The zero-order valence-corrected chi connectivity index (χ0v) is 31.9. The molecule has 4 amide bonds. The molecule has 56 heavy (non-hydrogen) atoms. The van der Waals surface area contributed by atoms with Gasteiger partial charge in [-0.05, 0) is 67.0 Å². The average molecular weight is 759 g/mol. The number of imidazole rings is 2. The Hall–Kier alpha value is -6.54. The summed E-state index contributed by atoms with van der Waals surface area (Å²) in [7, 11) is 2.52. The highest BCUT2D eigenvalue weighted by Gasteiger charge is 2.38. The third-order valence-electron chi connectivity index (χ3n) is 10.1. The molecule has 14 nitrogen and oxygen atoms in total. The molecule has 0 spiro atoms. The fourth-order valence-corrected chi connectivity index (χ4v) is 7.14. The smallest absolute Gasteiger partial charge is 0.407 e. The van der Waals surface area contributed by atoms with Crippen molar-refractivity contribution in [3.63, 3.8) is 0 Å². The van der Waals surface area contributed by atoms with Gasteiger partial charge in [-0.1, -0.05) is 50.0 Å². The molecule has 2 fully saturated rings. The molecular weight excluding hydrogens is 713 g/mol. The largest absolute Gasteiger partial charge is 0.453 e. The van der Waals surface area contributed by atoms with Gasteiger partial charge in [0.05, 0.1) is 50.1 Å². The van der Waals surface area contributed by atoms with E-state index in [0.717, 1.165) is 59.3 Å². The molecule has 2 aromatic carbocycles. The Morgan fingerprint density at radius 1 is 0.768 bits per heavy atom. The van der Waals surface area contributed by atoms with E-state index in [2.05, 4.69) is 53.1 Å². The van der Waals surface area contributed by atoms with Gasteiger partial charge < -0.3 is 39.9 Å². The number of rotatable bonds is 10. The first kappa shape index (κ1) is 39.2. The lowest BCUT2D eigenvalue weighted by molar-refractivity contribution is -0.135. The van der Waals surface area contributed by atoms with E-state index in [1.165, 1.54) is 14.2 Å². The number of H-pyrrole nitrogens is 2. The fourth-order valence-electron chi connectivity index (χ4n) is 7.14. The number of nitrogens with zero attached hydrogens (tertiary/aromatic N) is 4. The number of hydrogen-bond acceptors (Lipinski definition) is 8. The van der Waals surface area contributed by atoms with Crippen LogP contribution in [0, 0.1) is 30.1 Å². The highest BCUT2D eigenvalue weighted by Crippen LogP contribution is 2.34. The number of likely N-dealkylation sites (tertiary alicyclic amines) is 2. The van der Waals surface area contributed by atoms with Crippen LogP contribution in [0.15, 0.2) is 60.9 Å². The van der Waals surface area contributed by atoms with Crippen LogP contribution in [0.4, 0.5) is 9.59 Å². The molecule has 2 aromatic heterocycles. The Labute approximate surface area is 326 Å². The number of nitrogens with one attached hydrogen (secondary N) is 4. The zero-order valence-electron chi connectivity index (χ0n) is 31.9. The highest BCUT2D eigenvalue weighted by molar-refractivity contribution is 5.87. The van der Waals surface area contributed by atoms with Crippen molar-refractivity contribution in [2.24, 2.45) is 5.92 Å². The summed E-state index contributed by atoms with van der Waals surface area (Å²) in [6.45, 7) is 4.90. The maximum absolute atomic E-state index is 13.5. The van der Waals surface area contributed by atoms with Crippen LogP contribution in [0.5, 0.6) is 0 Å². The summed E-state index contributed by atoms with van der Waals surface area (Å²) in [5, 5.41) is 5.23. The Balaban J connectivity index is 1.07. The van der Waals surface area contributed by atoms with Gasteiger partial charge in [-0.2, -0.15) is 0 Å². The van der Waals surface area contributed by atoms with Crippen LogP contribution in [-0.2, 0) is 19.1 Å². The molecule has 4 aromatic rings. The number of terminal acetylenes is 1. The second-order valence-electron chi connectivity index (χ2n) is 14.1. The second kappa shape index (κ2) is 17.7. The molecule has 6 rings (SSSR count). The zero-order chi connectivity index (χ0) is 39.8. The lowest BCUT2D eigenvalue weighted by Gasteiger charge is -2.30. The Bertz CT molecular complexity index is 2140. The molecule has 4 N–H and O–H groups in total. The van der Waals surface area contributed by atoms with Crippen LogP contribution in [0.1, 0.15) is 80.8 Å². The summed E-state index contributed by atoms with van der Waals surface area (Å²) in [5.74, 6) is 9.77. The number of hydrogen-bond donors (Lipinski definition) is 4. The third-order valence-corrected chi connectivity index (χ3v) is 10.1. The molecule has 0 bridgehead atoms. The number of aromatic amines is 2. The number of amides is 4. The number of benzene rings is 2. The maximum atomic E-state index is 13.5. The van der Waals surface area contributed by atoms with Gasteiger partial charge in [-0.3, -0.25) is 9.59 Å². The lowest BCUT2D eigenvalue weighted by atomic mass is 10.0. The van der Waals surface area contributed by atoms with E-state index in [4.69, 9.17) is 11.2 Å². The Morgan fingerprint density at radius 2 is 1.23 bits per heavy atom. The molecule has 2 aliphatic heterocycles. The molecule has 0 aliphatic carbocycles. The summed E-state index contributed by atoms with van der Waals surface area (Å²) in [5.41, 5.74) is 5.21. The minimum absolute atomic E-state index is 0.0540. The summed E-state index contributed by atoms with van der Waals surface area (Å²) < 4.78 is 9.41. The number of methoxy groups -OCH3 is 2. The predicted octanol–water partition coefficient (Wildman–Crippen LogP) is 5.32. The monoisotopic (exact) mass is 758 g/mol. The average Bonchev–Trinajstić information content (AvgIpc) is 4.05. The van der Waals surface area contributed by atoms with Gasteiger partial charge in [-0.25, -0.2) is 19.6 Å². The van der Waals surface area contributed by atoms with Crippen molar-refractivity contribution in [1.82, 2.24) is 40.4 Å².